The van der Waals surface area contributed by atoms with Crippen molar-refractivity contribution in [3.05, 3.63) is 131 Å². The Morgan fingerprint density at radius 3 is 1.82 bits per heavy atom. The van der Waals surface area contributed by atoms with Gasteiger partial charge in [-0.05, 0) is 53.6 Å². The van der Waals surface area contributed by atoms with Crippen molar-refractivity contribution < 1.29 is 23.6 Å². The number of nitrogens with two attached hydrogens (primary N) is 1. The first-order valence-electron chi connectivity index (χ1n) is 14.4. The summed E-state index contributed by atoms with van der Waals surface area (Å²) in [4.78, 5) is 2.10. The van der Waals surface area contributed by atoms with Gasteiger partial charge in [-0.15, -0.1) is 0 Å². The van der Waals surface area contributed by atoms with E-state index in [9.17, 15) is 5.11 Å². The molecule has 230 valence electrons. The quantitative estimate of drug-likeness (QED) is 0.0896. The van der Waals surface area contributed by atoms with Crippen LogP contribution in [0.2, 0.25) is 0 Å². The largest absolute Gasteiger partial charge is 0.497 e. The number of aliphatic hydroxyl groups excluding tert-OH is 1. The third kappa shape index (κ3) is 8.02. The van der Waals surface area contributed by atoms with E-state index in [1.54, 1.807) is 14.2 Å². The number of ether oxygens (including phenoxy) is 2. The fraction of sp³-hybridized carbons (Fsp3) is 0.286. The van der Waals surface area contributed by atoms with Gasteiger partial charge in [0.05, 0.1) is 44.8 Å². The summed E-state index contributed by atoms with van der Waals surface area (Å²) in [5, 5.41) is 21.8. The van der Waals surface area contributed by atoms with Crippen molar-refractivity contribution in [1.29, 1.82) is 5.26 Å². The first-order chi connectivity index (χ1) is 21.4. The lowest BCUT2D eigenvalue weighted by Crippen LogP contribution is -2.52. The summed E-state index contributed by atoms with van der Waals surface area (Å²) in [5.74, 6) is 1.40. The van der Waals surface area contributed by atoms with Crippen LogP contribution in [0, 0.1) is 11.3 Å². The molecule has 0 aromatic heterocycles. The van der Waals surface area contributed by atoms with Gasteiger partial charge in [-0.3, -0.25) is 10.4 Å². The molecule has 4 aromatic carbocycles. The lowest BCUT2D eigenvalue weighted by Gasteiger charge is -2.44. The summed E-state index contributed by atoms with van der Waals surface area (Å²) in [7, 11) is 3.33. The molecule has 0 aliphatic rings. The van der Waals surface area contributed by atoms with E-state index in [0.29, 0.717) is 24.6 Å². The van der Waals surface area contributed by atoms with Crippen LogP contribution in [-0.4, -0.2) is 56.6 Å². The van der Waals surface area contributed by atoms with Crippen molar-refractivity contribution in [3.63, 3.8) is 0 Å². The molecule has 0 heterocycles. The number of aliphatic hydroxyl groups is 1. The molecule has 0 fully saturated rings. The summed E-state index contributed by atoms with van der Waals surface area (Å²) in [6.45, 7) is 1.12. The number of nitrogens with zero attached hydrogens (tertiary/aromatic N) is 2. The molecular formula is C35H40N3O5P. The van der Waals surface area contributed by atoms with Crippen molar-refractivity contribution in [2.45, 2.75) is 30.6 Å². The molecule has 44 heavy (non-hydrogen) atoms. The maximum absolute atomic E-state index is 12.8. The van der Waals surface area contributed by atoms with Crippen LogP contribution in [0.5, 0.6) is 11.5 Å². The molecule has 0 aliphatic carbocycles. The van der Waals surface area contributed by atoms with Crippen molar-refractivity contribution in [3.8, 4) is 17.6 Å². The van der Waals surface area contributed by atoms with Gasteiger partial charge in [-0.1, -0.05) is 84.9 Å². The maximum atomic E-state index is 12.8. The van der Waals surface area contributed by atoms with E-state index < -0.39 is 26.1 Å². The van der Waals surface area contributed by atoms with E-state index in [4.69, 9.17) is 29.3 Å². The number of methoxy groups -OCH3 is 2. The predicted octanol–water partition coefficient (Wildman–Crippen LogP) is 6.03. The molecule has 8 nitrogen and oxygen atoms in total. The van der Waals surface area contributed by atoms with E-state index in [-0.39, 0.29) is 13.0 Å². The standard InChI is InChI=1S/C35H40N3O5P/c1-38(25-27-11-6-4-7-12-27)26-33(43-44(37)42-24-10-23-36)34(39)35(28-13-8-5-9-14-28,29-15-19-31(40-2)20-16-29)30-17-21-32(41-3)22-18-30/h4-9,11-22,33-34,39H,10,24-26,37H2,1-3H3. The molecule has 4 aromatic rings. The fourth-order valence-corrected chi connectivity index (χ4v) is 6.28. The minimum atomic E-state index is -1.90. The second kappa shape index (κ2) is 16.3. The zero-order chi connectivity index (χ0) is 31.4. The van der Waals surface area contributed by atoms with E-state index in [2.05, 4.69) is 23.1 Å². The Bertz CT molecular complexity index is 1400. The molecule has 0 radical (unpaired) electrons. The Hall–Kier alpha value is -3.80. The van der Waals surface area contributed by atoms with Crippen LogP contribution in [0.1, 0.15) is 28.7 Å². The highest BCUT2D eigenvalue weighted by Gasteiger charge is 2.48. The van der Waals surface area contributed by atoms with Gasteiger partial charge < -0.3 is 23.6 Å². The van der Waals surface area contributed by atoms with Gasteiger partial charge in [-0.25, -0.2) is 0 Å². The van der Waals surface area contributed by atoms with Gasteiger partial charge in [0, 0.05) is 13.1 Å². The second-order valence-electron chi connectivity index (χ2n) is 10.4. The highest BCUT2D eigenvalue weighted by molar-refractivity contribution is 7.44. The lowest BCUT2D eigenvalue weighted by atomic mass is 9.64. The van der Waals surface area contributed by atoms with Gasteiger partial charge in [0.15, 0.2) is 0 Å². The average molecular weight is 614 g/mol. The number of hydrogen-bond acceptors (Lipinski definition) is 8. The molecule has 0 saturated carbocycles. The summed E-state index contributed by atoms with van der Waals surface area (Å²) < 4.78 is 23.0. The Labute approximate surface area is 261 Å². The molecule has 0 saturated heterocycles. The minimum absolute atomic E-state index is 0.141. The molecule has 0 spiro atoms. The zero-order valence-electron chi connectivity index (χ0n) is 25.4. The molecule has 0 aliphatic heterocycles. The van der Waals surface area contributed by atoms with Crippen molar-refractivity contribution in [2.75, 3.05) is 34.4 Å². The maximum Gasteiger partial charge on any atom is 0.253 e. The highest BCUT2D eigenvalue weighted by atomic mass is 31.2. The molecule has 3 N–H and O–H groups in total. The van der Waals surface area contributed by atoms with Crippen molar-refractivity contribution in [1.82, 2.24) is 4.90 Å². The normalized spacial score (nSPS) is 13.6. The van der Waals surface area contributed by atoms with Gasteiger partial charge in [0.25, 0.3) is 8.53 Å². The van der Waals surface area contributed by atoms with Gasteiger partial charge in [0.1, 0.15) is 17.6 Å². The van der Waals surface area contributed by atoms with Crippen molar-refractivity contribution in [2.24, 2.45) is 5.50 Å². The monoisotopic (exact) mass is 613 g/mol. The van der Waals surface area contributed by atoms with Crippen LogP contribution < -0.4 is 15.0 Å². The fourth-order valence-electron chi connectivity index (χ4n) is 5.50. The summed E-state index contributed by atoms with van der Waals surface area (Å²) >= 11 is 0. The molecule has 3 atom stereocenters. The van der Waals surface area contributed by atoms with Crippen LogP contribution in [-0.2, 0) is 21.0 Å². The smallest absolute Gasteiger partial charge is 0.253 e. The topological polar surface area (TPSA) is 110 Å². The molecular weight excluding hydrogens is 573 g/mol. The third-order valence-corrected chi connectivity index (χ3v) is 8.49. The summed E-state index contributed by atoms with van der Waals surface area (Å²) in [5.41, 5.74) is 8.95. The summed E-state index contributed by atoms with van der Waals surface area (Å²) in [6.07, 6.45) is -1.75. The molecule has 3 unspecified atom stereocenters. The van der Waals surface area contributed by atoms with Crippen LogP contribution in [0.25, 0.3) is 0 Å². The van der Waals surface area contributed by atoms with E-state index >= 15 is 0 Å². The Morgan fingerprint density at radius 2 is 1.32 bits per heavy atom. The Morgan fingerprint density at radius 1 is 0.818 bits per heavy atom. The number of benzene rings is 4. The Kier molecular flexibility index (Phi) is 12.3. The van der Waals surface area contributed by atoms with Crippen LogP contribution in [0.3, 0.4) is 0 Å². The SMILES string of the molecule is COc1ccc(C(c2ccccc2)(c2ccc(OC)cc2)C(O)C(CN(C)Cc2ccccc2)OP(N)OCCC#N)cc1. The minimum Gasteiger partial charge on any atom is -0.497 e. The van der Waals surface area contributed by atoms with Crippen LogP contribution in [0.15, 0.2) is 109 Å². The average Bonchev–Trinajstić information content (AvgIpc) is 3.06. The number of nitriles is 1. The van der Waals surface area contributed by atoms with E-state index in [0.717, 1.165) is 22.3 Å². The van der Waals surface area contributed by atoms with Crippen molar-refractivity contribution >= 4 is 8.53 Å². The third-order valence-electron chi connectivity index (χ3n) is 7.57. The van der Waals surface area contributed by atoms with E-state index in [1.165, 1.54) is 0 Å². The highest BCUT2D eigenvalue weighted by Crippen LogP contribution is 2.46. The molecule has 0 bridgehead atoms. The number of hydrogen-bond donors (Lipinski definition) is 2. The first-order valence-corrected chi connectivity index (χ1v) is 15.6. The van der Waals surface area contributed by atoms with E-state index in [1.807, 2.05) is 104 Å². The van der Waals surface area contributed by atoms with Crippen LogP contribution >= 0.6 is 8.53 Å². The van der Waals surface area contributed by atoms with Gasteiger partial charge in [0.2, 0.25) is 0 Å². The molecule has 4 rings (SSSR count). The first kappa shape index (κ1) is 33.1. The second-order valence-corrected chi connectivity index (χ2v) is 11.5. The number of rotatable bonds is 16. The van der Waals surface area contributed by atoms with Gasteiger partial charge in [-0.2, -0.15) is 5.26 Å². The van der Waals surface area contributed by atoms with Gasteiger partial charge >= 0.3 is 0 Å². The number of likely N-dealkylation sites (N-methyl/N-ethyl adjacent to an activating group) is 1. The molecule has 9 heteroatoms. The zero-order valence-corrected chi connectivity index (χ0v) is 26.3. The molecule has 0 amide bonds. The van der Waals surface area contributed by atoms with Crippen LogP contribution in [0.4, 0.5) is 0 Å². The Balaban J connectivity index is 1.86. The lowest BCUT2D eigenvalue weighted by molar-refractivity contribution is -0.0120. The summed E-state index contributed by atoms with van der Waals surface area (Å²) in [6, 6.07) is 37.5. The predicted molar refractivity (Wildman–Crippen MR) is 173 cm³/mol.